The maximum Gasteiger partial charge on any atom is 0.306 e. The molecule has 0 aromatic rings. The molecule has 0 fully saturated rings. The minimum Gasteiger partial charge on any atom is -0.461 e. The highest BCUT2D eigenvalue weighted by atomic mass is 16.5. The van der Waals surface area contributed by atoms with Crippen LogP contribution in [0.3, 0.4) is 0 Å². The van der Waals surface area contributed by atoms with Crippen molar-refractivity contribution >= 4 is 11.9 Å². The number of unbranched alkanes of at least 4 members (excludes halogenated alkanes) is 28. The monoisotopic (exact) mass is 962 g/mol. The highest BCUT2D eigenvalue weighted by Crippen LogP contribution is 2.17. The summed E-state index contributed by atoms with van der Waals surface area (Å²) in [6, 6.07) is -0.740. The molecule has 3 atom stereocenters. The number of amides is 1. The molecule has 3 N–H and O–H groups in total. The van der Waals surface area contributed by atoms with Gasteiger partial charge in [-0.25, -0.2) is 0 Å². The van der Waals surface area contributed by atoms with Crippen LogP contribution in [-0.2, 0) is 14.3 Å². The van der Waals surface area contributed by atoms with Crippen LogP contribution in [0.25, 0.3) is 0 Å². The molecular formula is C63H111NO5. The molecule has 0 bridgehead atoms. The number of hydrogen-bond acceptors (Lipinski definition) is 5. The molecule has 0 spiro atoms. The van der Waals surface area contributed by atoms with Crippen LogP contribution in [0.2, 0.25) is 0 Å². The topological polar surface area (TPSA) is 95.9 Å². The number of carbonyl (C=O) groups is 2. The van der Waals surface area contributed by atoms with E-state index in [1.165, 1.54) is 141 Å². The van der Waals surface area contributed by atoms with Crippen molar-refractivity contribution in [2.24, 2.45) is 0 Å². The molecule has 0 aromatic carbocycles. The van der Waals surface area contributed by atoms with E-state index >= 15 is 0 Å². The average molecular weight is 963 g/mol. The molecule has 1 amide bonds. The second-order valence-electron chi connectivity index (χ2n) is 19.7. The van der Waals surface area contributed by atoms with Crippen LogP contribution < -0.4 is 5.32 Å². The summed E-state index contributed by atoms with van der Waals surface area (Å²) in [7, 11) is 0. The molecular weight excluding hydrogens is 851 g/mol. The molecule has 0 aliphatic rings. The fourth-order valence-corrected chi connectivity index (χ4v) is 8.56. The first-order valence-corrected chi connectivity index (χ1v) is 29.3. The van der Waals surface area contributed by atoms with E-state index in [0.29, 0.717) is 19.3 Å². The third-order valence-corrected chi connectivity index (χ3v) is 13.0. The number of hydrogen-bond donors (Lipinski definition) is 3. The smallest absolute Gasteiger partial charge is 0.306 e. The third kappa shape index (κ3) is 51.2. The normalized spacial score (nSPS) is 13.8. The summed E-state index contributed by atoms with van der Waals surface area (Å²) in [4.78, 5) is 26.2. The van der Waals surface area contributed by atoms with Gasteiger partial charge in [0.2, 0.25) is 5.91 Å². The van der Waals surface area contributed by atoms with Crippen molar-refractivity contribution in [2.75, 3.05) is 6.61 Å². The Labute approximate surface area is 427 Å². The van der Waals surface area contributed by atoms with Crippen molar-refractivity contribution in [1.82, 2.24) is 5.32 Å². The van der Waals surface area contributed by atoms with E-state index in [-0.39, 0.29) is 24.9 Å². The van der Waals surface area contributed by atoms with E-state index in [1.807, 2.05) is 12.2 Å². The number of ether oxygens (including phenoxy) is 1. The van der Waals surface area contributed by atoms with Crippen molar-refractivity contribution in [3.63, 3.8) is 0 Å². The Morgan fingerprint density at radius 2 is 0.841 bits per heavy atom. The van der Waals surface area contributed by atoms with Gasteiger partial charge in [0.15, 0.2) is 0 Å². The predicted molar refractivity (Wildman–Crippen MR) is 301 cm³/mol. The highest BCUT2D eigenvalue weighted by Gasteiger charge is 2.23. The lowest BCUT2D eigenvalue weighted by Gasteiger charge is -2.24. The second-order valence-corrected chi connectivity index (χ2v) is 19.7. The van der Waals surface area contributed by atoms with Gasteiger partial charge in [0, 0.05) is 12.8 Å². The van der Waals surface area contributed by atoms with Gasteiger partial charge in [-0.1, -0.05) is 273 Å². The molecule has 0 saturated carbocycles. The second kappa shape index (κ2) is 56.0. The zero-order chi connectivity index (χ0) is 50.2. The Hall–Kier alpha value is -2.96. The Morgan fingerprint density at radius 3 is 1.26 bits per heavy atom. The van der Waals surface area contributed by atoms with E-state index in [2.05, 4.69) is 99.0 Å². The summed E-state index contributed by atoms with van der Waals surface area (Å²) >= 11 is 0. The van der Waals surface area contributed by atoms with E-state index in [1.54, 1.807) is 0 Å². The van der Waals surface area contributed by atoms with Gasteiger partial charge < -0.3 is 20.3 Å². The van der Waals surface area contributed by atoms with E-state index in [4.69, 9.17) is 4.74 Å². The van der Waals surface area contributed by atoms with Gasteiger partial charge in [0.25, 0.3) is 0 Å². The molecule has 0 aliphatic carbocycles. The van der Waals surface area contributed by atoms with Crippen LogP contribution >= 0.6 is 0 Å². The van der Waals surface area contributed by atoms with Gasteiger partial charge >= 0.3 is 5.97 Å². The summed E-state index contributed by atoms with van der Waals surface area (Å²) in [5.41, 5.74) is 0. The van der Waals surface area contributed by atoms with Crippen molar-refractivity contribution in [3.8, 4) is 0 Å². The van der Waals surface area contributed by atoms with Crippen LogP contribution in [-0.4, -0.2) is 46.9 Å². The van der Waals surface area contributed by atoms with Gasteiger partial charge in [0.05, 0.1) is 25.2 Å². The van der Waals surface area contributed by atoms with Crippen molar-refractivity contribution in [2.45, 2.75) is 296 Å². The van der Waals surface area contributed by atoms with Gasteiger partial charge in [-0.2, -0.15) is 0 Å². The fourth-order valence-electron chi connectivity index (χ4n) is 8.56. The van der Waals surface area contributed by atoms with Crippen LogP contribution in [0.1, 0.15) is 278 Å². The third-order valence-electron chi connectivity index (χ3n) is 13.0. The number of carbonyl (C=O) groups excluding carboxylic acids is 2. The lowest BCUT2D eigenvalue weighted by molar-refractivity contribution is -0.150. The predicted octanol–water partition coefficient (Wildman–Crippen LogP) is 18.3. The van der Waals surface area contributed by atoms with Crippen molar-refractivity contribution < 1.29 is 24.5 Å². The Bertz CT molecular complexity index is 1310. The first-order valence-electron chi connectivity index (χ1n) is 29.3. The highest BCUT2D eigenvalue weighted by molar-refractivity contribution is 5.77. The summed E-state index contributed by atoms with van der Waals surface area (Å²) in [5.74, 6) is -0.595. The summed E-state index contributed by atoms with van der Waals surface area (Å²) in [6.45, 7) is 6.36. The minimum atomic E-state index is -0.820. The fraction of sp³-hybridized carbons (Fsp3) is 0.746. The number of aliphatic hydroxyl groups excluding tert-OH is 2. The van der Waals surface area contributed by atoms with Gasteiger partial charge in [0.1, 0.15) is 6.10 Å². The zero-order valence-corrected chi connectivity index (χ0v) is 45.4. The van der Waals surface area contributed by atoms with E-state index in [9.17, 15) is 19.8 Å². The number of nitrogens with one attached hydrogen (secondary N) is 1. The largest absolute Gasteiger partial charge is 0.461 e. The van der Waals surface area contributed by atoms with Crippen molar-refractivity contribution in [3.05, 3.63) is 85.1 Å². The van der Waals surface area contributed by atoms with Crippen molar-refractivity contribution in [1.29, 1.82) is 0 Å². The Balaban J connectivity index is 4.67. The summed E-state index contributed by atoms with van der Waals surface area (Å²) in [6.07, 6.45) is 73.8. The molecule has 3 unspecified atom stereocenters. The first-order chi connectivity index (χ1) is 34.0. The number of rotatable bonds is 52. The minimum absolute atomic E-state index is 0.00969. The molecule has 0 aromatic heterocycles. The van der Waals surface area contributed by atoms with Gasteiger partial charge in [-0.15, -0.1) is 0 Å². The maximum atomic E-state index is 13.3. The maximum absolute atomic E-state index is 13.3. The quantitative estimate of drug-likeness (QED) is 0.0244. The lowest BCUT2D eigenvalue weighted by Crippen LogP contribution is -2.46. The number of allylic oxidation sites excluding steroid dienone is 13. The molecule has 0 radical (unpaired) electrons. The van der Waals surface area contributed by atoms with Crippen LogP contribution in [0.5, 0.6) is 0 Å². The zero-order valence-electron chi connectivity index (χ0n) is 45.4. The van der Waals surface area contributed by atoms with E-state index in [0.717, 1.165) is 89.9 Å². The summed E-state index contributed by atoms with van der Waals surface area (Å²) in [5, 5.41) is 23.9. The number of esters is 1. The molecule has 398 valence electrons. The summed E-state index contributed by atoms with van der Waals surface area (Å²) < 4.78 is 5.89. The molecule has 0 aliphatic heterocycles. The molecule has 0 rings (SSSR count). The average Bonchev–Trinajstić information content (AvgIpc) is 3.34. The Kier molecular flexibility index (Phi) is 53.6. The van der Waals surface area contributed by atoms with Crippen LogP contribution in [0, 0.1) is 0 Å². The molecule has 0 heterocycles. The number of aliphatic hydroxyl groups is 2. The Morgan fingerprint density at radius 1 is 0.464 bits per heavy atom. The van der Waals surface area contributed by atoms with Gasteiger partial charge in [-0.3, -0.25) is 9.59 Å². The standard InChI is InChI=1S/C63H111NO5/c1-4-7-10-13-16-19-22-25-28-30-32-35-38-41-44-47-50-53-56-63(68)69-59(54-51-48-45-42-39-36-33-27-24-21-18-15-12-9-6-3)57-62(67)64-60(58-65)61(66)55-52-49-46-43-40-37-34-31-29-26-23-20-17-14-11-8-5-2/h9,12,18,21,27-28,30,32-33,35,39,42,48,51,59-61,65-66H,4-8,10-11,13-17,19-20,22-26,29,31,34,36-38,40-41,43-47,49-50,52-58H2,1-3H3,(H,64,67)/b12-9-,21-18-,30-28+,33-27-,35-32+,42-39-,51-48-. The lowest BCUT2D eigenvalue weighted by atomic mass is 10.0. The van der Waals surface area contributed by atoms with E-state index < -0.39 is 18.2 Å². The molecule has 69 heavy (non-hydrogen) atoms. The SMILES string of the molecule is CC/C=C\C/C=C\C/C=C\C/C=C\C/C=C\CC(CC(=O)NC(CO)C(O)CCCCCCCCCCCCCCCCCCC)OC(=O)CCCCCCC/C=C/C=C/CCCCCCCCC. The van der Waals surface area contributed by atoms with Gasteiger partial charge in [-0.05, 0) is 70.6 Å². The molecule has 0 saturated heterocycles. The molecule has 6 nitrogen and oxygen atoms in total. The van der Waals surface area contributed by atoms with Crippen LogP contribution in [0.4, 0.5) is 0 Å². The van der Waals surface area contributed by atoms with Crippen LogP contribution in [0.15, 0.2) is 85.1 Å². The first kappa shape index (κ1) is 66.0. The molecule has 6 heteroatoms.